The average molecular weight is 470 g/mol. The third kappa shape index (κ3) is 5.96. The Labute approximate surface area is 194 Å². The molecule has 0 aliphatic carbocycles. The van der Waals surface area contributed by atoms with Gasteiger partial charge in [0, 0.05) is 16.5 Å². The number of carbonyl (C=O) groups excluding carboxylic acids is 2. The second-order valence-electron chi connectivity index (χ2n) is 6.31. The number of rotatable bonds is 8. The number of hydrogen-bond donors (Lipinski definition) is 2. The van der Waals surface area contributed by atoms with E-state index in [-0.39, 0.29) is 16.3 Å². The minimum atomic E-state index is -0.595. The molecule has 2 amide bonds. The largest absolute Gasteiger partial charge is 0.497 e. The normalized spacial score (nSPS) is 11.3. The van der Waals surface area contributed by atoms with Crippen molar-refractivity contribution in [3.05, 3.63) is 86.7 Å². The van der Waals surface area contributed by atoms with Gasteiger partial charge in [-0.05, 0) is 41.8 Å². The number of benzene rings is 2. The van der Waals surface area contributed by atoms with Crippen LogP contribution in [0.25, 0.3) is 6.08 Å². The zero-order chi connectivity index (χ0) is 22.9. The molecule has 0 fully saturated rings. The SMILES string of the molecule is COc1ccc(/C=N/NC(=O)/C(=C/c2cccs2)NC(=O)c2ccccc2Cl)c(OC)c1. The Hall–Kier alpha value is -3.62. The molecule has 0 saturated heterocycles. The van der Waals surface area contributed by atoms with Crippen molar-refractivity contribution in [2.75, 3.05) is 14.2 Å². The lowest BCUT2D eigenvalue weighted by Gasteiger charge is -2.10. The predicted molar refractivity (Wildman–Crippen MR) is 126 cm³/mol. The summed E-state index contributed by atoms with van der Waals surface area (Å²) in [6.45, 7) is 0. The molecule has 0 spiro atoms. The molecular formula is C23H20ClN3O4S. The molecule has 0 aliphatic rings. The van der Waals surface area contributed by atoms with Gasteiger partial charge >= 0.3 is 0 Å². The highest BCUT2D eigenvalue weighted by atomic mass is 35.5. The van der Waals surface area contributed by atoms with E-state index in [2.05, 4.69) is 15.8 Å². The van der Waals surface area contributed by atoms with Crippen LogP contribution in [0.5, 0.6) is 11.5 Å². The Bertz CT molecular complexity index is 1160. The first-order valence-corrected chi connectivity index (χ1v) is 10.6. The van der Waals surface area contributed by atoms with Gasteiger partial charge in [-0.2, -0.15) is 5.10 Å². The first-order chi connectivity index (χ1) is 15.5. The first kappa shape index (κ1) is 23.1. The summed E-state index contributed by atoms with van der Waals surface area (Å²) in [5, 5.41) is 8.76. The number of nitrogens with one attached hydrogen (secondary N) is 2. The van der Waals surface area contributed by atoms with Crippen molar-refractivity contribution >= 4 is 47.0 Å². The number of ether oxygens (including phenoxy) is 2. The molecule has 3 aromatic rings. The van der Waals surface area contributed by atoms with E-state index in [1.54, 1.807) is 55.7 Å². The summed E-state index contributed by atoms with van der Waals surface area (Å²) in [5.74, 6) is 0.0621. The number of thiophene rings is 1. The fraction of sp³-hybridized carbons (Fsp3) is 0.0870. The molecule has 164 valence electrons. The molecule has 2 aromatic carbocycles. The van der Waals surface area contributed by atoms with Crippen molar-refractivity contribution in [2.45, 2.75) is 0 Å². The average Bonchev–Trinajstić information content (AvgIpc) is 3.32. The Morgan fingerprint density at radius 3 is 2.56 bits per heavy atom. The lowest BCUT2D eigenvalue weighted by atomic mass is 10.2. The second kappa shape index (κ2) is 11.1. The van der Waals surface area contributed by atoms with Gasteiger partial charge in [-0.15, -0.1) is 11.3 Å². The predicted octanol–water partition coefficient (Wildman–Crippen LogP) is 4.34. The molecule has 7 nitrogen and oxygen atoms in total. The molecule has 0 unspecified atom stereocenters. The highest BCUT2D eigenvalue weighted by Crippen LogP contribution is 2.23. The first-order valence-electron chi connectivity index (χ1n) is 9.38. The fourth-order valence-electron chi connectivity index (χ4n) is 2.65. The van der Waals surface area contributed by atoms with Crippen LogP contribution in [0, 0.1) is 0 Å². The lowest BCUT2D eigenvalue weighted by molar-refractivity contribution is -0.117. The summed E-state index contributed by atoms with van der Waals surface area (Å²) in [4.78, 5) is 26.2. The molecule has 0 atom stereocenters. The van der Waals surface area contributed by atoms with E-state index < -0.39 is 11.8 Å². The number of amides is 2. The van der Waals surface area contributed by atoms with Gasteiger partial charge < -0.3 is 14.8 Å². The van der Waals surface area contributed by atoms with E-state index in [1.165, 1.54) is 24.7 Å². The van der Waals surface area contributed by atoms with E-state index >= 15 is 0 Å². The highest BCUT2D eigenvalue weighted by Gasteiger charge is 2.16. The van der Waals surface area contributed by atoms with Crippen LogP contribution < -0.4 is 20.2 Å². The zero-order valence-electron chi connectivity index (χ0n) is 17.3. The molecule has 0 radical (unpaired) electrons. The summed E-state index contributed by atoms with van der Waals surface area (Å²) in [6.07, 6.45) is 3.01. The maximum atomic E-state index is 12.8. The quantitative estimate of drug-likeness (QED) is 0.292. The molecule has 3 rings (SSSR count). The molecule has 1 heterocycles. The molecule has 9 heteroatoms. The fourth-order valence-corrected chi connectivity index (χ4v) is 3.53. The van der Waals surface area contributed by atoms with Crippen molar-refractivity contribution in [1.29, 1.82) is 0 Å². The summed E-state index contributed by atoms with van der Waals surface area (Å²) in [6, 6.07) is 15.5. The van der Waals surface area contributed by atoms with Crippen LogP contribution >= 0.6 is 22.9 Å². The van der Waals surface area contributed by atoms with E-state index in [4.69, 9.17) is 21.1 Å². The van der Waals surface area contributed by atoms with Gasteiger partial charge in [0.2, 0.25) is 0 Å². The van der Waals surface area contributed by atoms with Gasteiger partial charge in [0.1, 0.15) is 17.2 Å². The molecule has 1 aromatic heterocycles. The van der Waals surface area contributed by atoms with Gasteiger partial charge in [0.25, 0.3) is 11.8 Å². The maximum Gasteiger partial charge on any atom is 0.287 e. The van der Waals surface area contributed by atoms with Crippen molar-refractivity contribution in [1.82, 2.24) is 10.7 Å². The van der Waals surface area contributed by atoms with Crippen LogP contribution in [0.3, 0.4) is 0 Å². The van der Waals surface area contributed by atoms with E-state index in [0.717, 1.165) is 4.88 Å². The third-order valence-electron chi connectivity index (χ3n) is 4.25. The molecule has 32 heavy (non-hydrogen) atoms. The molecule has 0 aliphatic heterocycles. The number of methoxy groups -OCH3 is 2. The summed E-state index contributed by atoms with van der Waals surface area (Å²) in [5.41, 5.74) is 3.34. The number of hydrazone groups is 1. The second-order valence-corrected chi connectivity index (χ2v) is 7.70. The number of nitrogens with zero attached hydrogens (tertiary/aromatic N) is 1. The maximum absolute atomic E-state index is 12.8. The van der Waals surface area contributed by atoms with E-state index in [9.17, 15) is 9.59 Å². The summed E-state index contributed by atoms with van der Waals surface area (Å²) >= 11 is 7.53. The minimum Gasteiger partial charge on any atom is -0.497 e. The summed E-state index contributed by atoms with van der Waals surface area (Å²) in [7, 11) is 3.08. The topological polar surface area (TPSA) is 89.0 Å². The Kier molecular flexibility index (Phi) is 8.02. The Morgan fingerprint density at radius 2 is 1.88 bits per heavy atom. The molecule has 0 bridgehead atoms. The van der Waals surface area contributed by atoms with Crippen molar-refractivity contribution in [3.8, 4) is 11.5 Å². The Balaban J connectivity index is 1.78. The van der Waals surface area contributed by atoms with Crippen molar-refractivity contribution in [3.63, 3.8) is 0 Å². The van der Waals surface area contributed by atoms with Crippen LogP contribution in [0.4, 0.5) is 0 Å². The monoisotopic (exact) mass is 469 g/mol. The van der Waals surface area contributed by atoms with Crippen LogP contribution in [0.2, 0.25) is 5.02 Å². The zero-order valence-corrected chi connectivity index (χ0v) is 18.9. The van der Waals surface area contributed by atoms with Crippen molar-refractivity contribution < 1.29 is 19.1 Å². The third-order valence-corrected chi connectivity index (χ3v) is 5.40. The van der Waals surface area contributed by atoms with Gasteiger partial charge in [-0.1, -0.05) is 29.8 Å². The number of halogens is 1. The van der Waals surface area contributed by atoms with E-state index in [0.29, 0.717) is 17.1 Å². The minimum absolute atomic E-state index is 0.0243. The molecular weight excluding hydrogens is 450 g/mol. The standard InChI is InChI=1S/C23H20ClN3O4S/c1-30-16-10-9-15(21(12-16)31-2)14-25-27-23(29)20(13-17-6-5-11-32-17)26-22(28)18-7-3-4-8-19(18)24/h3-14H,1-2H3,(H,26,28)(H,27,29)/b20-13-,25-14+. The van der Waals surface area contributed by atoms with Crippen LogP contribution in [0.15, 0.2) is 70.8 Å². The van der Waals surface area contributed by atoms with Gasteiger partial charge in [-0.3, -0.25) is 9.59 Å². The summed E-state index contributed by atoms with van der Waals surface area (Å²) < 4.78 is 10.5. The van der Waals surface area contributed by atoms with Gasteiger partial charge in [0.05, 0.1) is 31.0 Å². The van der Waals surface area contributed by atoms with Crippen LogP contribution in [-0.4, -0.2) is 32.2 Å². The molecule has 0 saturated carbocycles. The van der Waals surface area contributed by atoms with Crippen LogP contribution in [-0.2, 0) is 4.79 Å². The van der Waals surface area contributed by atoms with Gasteiger partial charge in [0.15, 0.2) is 0 Å². The number of carbonyl (C=O) groups is 2. The van der Waals surface area contributed by atoms with Crippen LogP contribution in [0.1, 0.15) is 20.8 Å². The lowest BCUT2D eigenvalue weighted by Crippen LogP contribution is -2.33. The highest BCUT2D eigenvalue weighted by molar-refractivity contribution is 7.10. The molecule has 2 N–H and O–H groups in total. The van der Waals surface area contributed by atoms with Gasteiger partial charge in [-0.25, -0.2) is 5.43 Å². The smallest absolute Gasteiger partial charge is 0.287 e. The number of hydrogen-bond acceptors (Lipinski definition) is 6. The Morgan fingerprint density at radius 1 is 1.06 bits per heavy atom. The van der Waals surface area contributed by atoms with E-state index in [1.807, 2.05) is 17.5 Å². The van der Waals surface area contributed by atoms with Crippen molar-refractivity contribution in [2.24, 2.45) is 5.10 Å².